The van der Waals surface area contributed by atoms with Crippen molar-refractivity contribution in [1.29, 1.82) is 5.26 Å². The molecule has 24 heavy (non-hydrogen) atoms. The third-order valence-electron chi connectivity index (χ3n) is 4.13. The van der Waals surface area contributed by atoms with Crippen LogP contribution in [0.25, 0.3) is 0 Å². The number of nitrogens with zero attached hydrogens (tertiary/aromatic N) is 4. The summed E-state index contributed by atoms with van der Waals surface area (Å²) >= 11 is 0. The number of carbonyl (C=O) groups excluding carboxylic acids is 1. The van der Waals surface area contributed by atoms with E-state index in [0.29, 0.717) is 5.82 Å². The second-order valence-electron chi connectivity index (χ2n) is 5.84. The molecule has 6 heteroatoms. The van der Waals surface area contributed by atoms with Crippen LogP contribution in [0.15, 0.2) is 42.7 Å². The molecule has 1 amide bonds. The zero-order valence-corrected chi connectivity index (χ0v) is 13.4. The average molecular weight is 321 g/mol. The number of pyridine rings is 2. The molecule has 3 heterocycles. The molecule has 0 atom stereocenters. The van der Waals surface area contributed by atoms with E-state index >= 15 is 0 Å². The molecule has 0 unspecified atom stereocenters. The largest absolute Gasteiger partial charge is 0.370 e. The third kappa shape index (κ3) is 4.07. The molecule has 1 aliphatic heterocycles. The Kier molecular flexibility index (Phi) is 5.02. The molecule has 0 bridgehead atoms. The lowest BCUT2D eigenvalue weighted by Gasteiger charge is -2.30. The minimum absolute atomic E-state index is 0.135. The van der Waals surface area contributed by atoms with Crippen molar-refractivity contribution in [3.63, 3.8) is 0 Å². The highest BCUT2D eigenvalue weighted by Gasteiger charge is 2.19. The first-order valence-corrected chi connectivity index (χ1v) is 8.05. The topological polar surface area (TPSA) is 81.9 Å². The van der Waals surface area contributed by atoms with Crippen LogP contribution in [-0.2, 0) is 11.2 Å². The maximum absolute atomic E-state index is 12.0. The minimum atomic E-state index is -0.135. The van der Waals surface area contributed by atoms with Crippen LogP contribution in [0.4, 0.5) is 11.5 Å². The standard InChI is InChI=1S/C18H19N5O/c19-12-14-6-9-23(10-7-14)16-4-5-17(21-13-16)22-18(24)11-15-3-1-2-8-20-15/h1-5,8,13-14H,6-7,9-11H2,(H,21,22,24). The first kappa shape index (κ1) is 15.9. The maximum atomic E-state index is 12.0. The highest BCUT2D eigenvalue weighted by Crippen LogP contribution is 2.23. The lowest BCUT2D eigenvalue weighted by molar-refractivity contribution is -0.115. The summed E-state index contributed by atoms with van der Waals surface area (Å²) in [5.74, 6) is 0.565. The van der Waals surface area contributed by atoms with Gasteiger partial charge >= 0.3 is 0 Å². The van der Waals surface area contributed by atoms with E-state index in [1.54, 1.807) is 12.4 Å². The van der Waals surface area contributed by atoms with Gasteiger partial charge in [-0.1, -0.05) is 6.07 Å². The van der Waals surface area contributed by atoms with Gasteiger partial charge in [-0.05, 0) is 37.1 Å². The lowest BCUT2D eigenvalue weighted by Crippen LogP contribution is -2.33. The highest BCUT2D eigenvalue weighted by atomic mass is 16.1. The molecule has 1 fully saturated rings. The van der Waals surface area contributed by atoms with Gasteiger partial charge in [0.1, 0.15) is 5.82 Å². The van der Waals surface area contributed by atoms with Crippen LogP contribution in [0.2, 0.25) is 0 Å². The smallest absolute Gasteiger partial charge is 0.231 e. The van der Waals surface area contributed by atoms with Crippen molar-refractivity contribution >= 4 is 17.4 Å². The summed E-state index contributed by atoms with van der Waals surface area (Å²) in [6.45, 7) is 1.73. The van der Waals surface area contributed by atoms with Gasteiger partial charge < -0.3 is 10.2 Å². The number of aromatic nitrogens is 2. The predicted octanol–water partition coefficient (Wildman–Crippen LogP) is 2.40. The van der Waals surface area contributed by atoms with Crippen LogP contribution in [0.1, 0.15) is 18.5 Å². The molecule has 0 radical (unpaired) electrons. The van der Waals surface area contributed by atoms with E-state index in [0.717, 1.165) is 37.3 Å². The molecule has 0 aliphatic carbocycles. The van der Waals surface area contributed by atoms with E-state index in [-0.39, 0.29) is 18.2 Å². The maximum Gasteiger partial charge on any atom is 0.231 e. The van der Waals surface area contributed by atoms with Gasteiger partial charge in [-0.2, -0.15) is 5.26 Å². The number of rotatable bonds is 4. The van der Waals surface area contributed by atoms with E-state index in [4.69, 9.17) is 5.26 Å². The Labute approximate surface area is 141 Å². The Balaban J connectivity index is 1.55. The average Bonchev–Trinajstić information content (AvgIpc) is 2.63. The molecule has 2 aromatic rings. The summed E-state index contributed by atoms with van der Waals surface area (Å²) < 4.78 is 0. The van der Waals surface area contributed by atoms with Crippen LogP contribution in [-0.4, -0.2) is 29.0 Å². The lowest BCUT2D eigenvalue weighted by atomic mass is 9.98. The zero-order valence-electron chi connectivity index (χ0n) is 13.4. The fourth-order valence-electron chi connectivity index (χ4n) is 2.77. The SMILES string of the molecule is N#CC1CCN(c2ccc(NC(=O)Cc3ccccn3)nc2)CC1. The van der Waals surface area contributed by atoms with Crippen molar-refractivity contribution < 1.29 is 4.79 Å². The van der Waals surface area contributed by atoms with E-state index in [1.165, 1.54) is 0 Å². The van der Waals surface area contributed by atoms with Crippen molar-refractivity contribution in [2.75, 3.05) is 23.3 Å². The van der Waals surface area contributed by atoms with E-state index in [9.17, 15) is 4.79 Å². The van der Waals surface area contributed by atoms with Gasteiger partial charge in [-0.15, -0.1) is 0 Å². The van der Waals surface area contributed by atoms with Gasteiger partial charge in [-0.25, -0.2) is 4.98 Å². The van der Waals surface area contributed by atoms with Gasteiger partial charge in [0.25, 0.3) is 0 Å². The third-order valence-corrected chi connectivity index (χ3v) is 4.13. The molecule has 3 rings (SSSR count). The van der Waals surface area contributed by atoms with Gasteiger partial charge in [-0.3, -0.25) is 9.78 Å². The quantitative estimate of drug-likeness (QED) is 0.935. The zero-order chi connectivity index (χ0) is 16.8. The van der Waals surface area contributed by atoms with Crippen LogP contribution in [0, 0.1) is 17.2 Å². The Hall–Kier alpha value is -2.94. The monoisotopic (exact) mass is 321 g/mol. The Morgan fingerprint density at radius 1 is 1.25 bits per heavy atom. The van der Waals surface area contributed by atoms with Gasteiger partial charge in [0.15, 0.2) is 0 Å². The van der Waals surface area contributed by atoms with E-state index in [1.807, 2.05) is 30.3 Å². The molecule has 0 aromatic carbocycles. The molecule has 1 N–H and O–H groups in total. The van der Waals surface area contributed by atoms with Crippen molar-refractivity contribution in [2.24, 2.45) is 5.92 Å². The minimum Gasteiger partial charge on any atom is -0.370 e. The fourth-order valence-corrected chi connectivity index (χ4v) is 2.77. The van der Waals surface area contributed by atoms with Gasteiger partial charge in [0, 0.05) is 30.9 Å². The second-order valence-corrected chi connectivity index (χ2v) is 5.84. The van der Waals surface area contributed by atoms with Crippen LogP contribution in [0.3, 0.4) is 0 Å². The fraction of sp³-hybridized carbons (Fsp3) is 0.333. The number of nitrogens with one attached hydrogen (secondary N) is 1. The molecule has 1 aliphatic rings. The van der Waals surface area contributed by atoms with Crippen molar-refractivity contribution in [2.45, 2.75) is 19.3 Å². The number of piperidine rings is 1. The second kappa shape index (κ2) is 7.55. The molecule has 0 spiro atoms. The Morgan fingerprint density at radius 2 is 2.08 bits per heavy atom. The number of anilines is 2. The molecule has 2 aromatic heterocycles. The normalized spacial score (nSPS) is 14.9. The number of amides is 1. The summed E-state index contributed by atoms with van der Waals surface area (Å²) in [4.78, 5) is 22.7. The van der Waals surface area contributed by atoms with Crippen LogP contribution in [0.5, 0.6) is 0 Å². The Morgan fingerprint density at radius 3 is 2.71 bits per heavy atom. The van der Waals surface area contributed by atoms with Crippen LogP contribution < -0.4 is 10.2 Å². The highest BCUT2D eigenvalue weighted by molar-refractivity contribution is 5.91. The Bertz CT molecular complexity index is 715. The van der Waals surface area contributed by atoms with Crippen LogP contribution >= 0.6 is 0 Å². The summed E-state index contributed by atoms with van der Waals surface area (Å²) in [6, 6.07) is 11.6. The van der Waals surface area contributed by atoms with Gasteiger partial charge in [0.05, 0.1) is 24.4 Å². The van der Waals surface area contributed by atoms with E-state index < -0.39 is 0 Å². The van der Waals surface area contributed by atoms with E-state index in [2.05, 4.69) is 26.3 Å². The first-order chi connectivity index (χ1) is 11.7. The number of carbonyl (C=O) groups is 1. The molecule has 6 nitrogen and oxygen atoms in total. The number of hydrogen-bond acceptors (Lipinski definition) is 5. The molecule has 122 valence electrons. The molecular formula is C18H19N5O. The summed E-state index contributed by atoms with van der Waals surface area (Å²) in [6.07, 6.45) is 5.44. The number of nitriles is 1. The predicted molar refractivity (Wildman–Crippen MR) is 91.4 cm³/mol. The summed E-state index contributed by atoms with van der Waals surface area (Å²) in [5, 5.41) is 11.7. The summed E-state index contributed by atoms with van der Waals surface area (Å²) in [5.41, 5.74) is 1.75. The molecule has 0 saturated carbocycles. The molecule has 1 saturated heterocycles. The molecular weight excluding hydrogens is 302 g/mol. The van der Waals surface area contributed by atoms with Crippen molar-refractivity contribution in [3.8, 4) is 6.07 Å². The van der Waals surface area contributed by atoms with Gasteiger partial charge in [0.2, 0.25) is 5.91 Å². The van der Waals surface area contributed by atoms with Crippen molar-refractivity contribution in [1.82, 2.24) is 9.97 Å². The van der Waals surface area contributed by atoms with Crippen molar-refractivity contribution in [3.05, 3.63) is 48.4 Å². The number of hydrogen-bond donors (Lipinski definition) is 1. The first-order valence-electron chi connectivity index (χ1n) is 8.05. The summed E-state index contributed by atoms with van der Waals surface area (Å²) in [7, 11) is 0.